The first-order valence-electron chi connectivity index (χ1n) is 9.86. The van der Waals surface area contributed by atoms with Gasteiger partial charge in [0.25, 0.3) is 5.91 Å². The Morgan fingerprint density at radius 2 is 1.71 bits per heavy atom. The number of amides is 1. The number of aryl methyl sites for hydroxylation is 1. The van der Waals surface area contributed by atoms with Crippen molar-refractivity contribution in [3.05, 3.63) is 83.4 Å². The SMILES string of the molecule is Cc1ccc([C@@H](CNC(=O)c2ccc3ccccc3c2)N2CCOCC2)cc1. The Kier molecular flexibility index (Phi) is 5.70. The van der Waals surface area contributed by atoms with Crippen LogP contribution in [0.25, 0.3) is 10.8 Å². The van der Waals surface area contributed by atoms with Crippen LogP contribution >= 0.6 is 0 Å². The van der Waals surface area contributed by atoms with Crippen LogP contribution in [0.4, 0.5) is 0 Å². The quantitative estimate of drug-likeness (QED) is 0.735. The molecule has 1 aliphatic rings. The molecule has 1 saturated heterocycles. The van der Waals surface area contributed by atoms with Crippen LogP contribution in [0.5, 0.6) is 0 Å². The fraction of sp³-hybridized carbons (Fsp3) is 0.292. The fourth-order valence-electron chi connectivity index (χ4n) is 3.76. The maximum atomic E-state index is 12.8. The standard InChI is InChI=1S/C24H26N2O2/c1-18-6-8-20(9-7-18)23(26-12-14-28-15-13-26)17-25-24(27)22-11-10-19-4-2-3-5-21(19)16-22/h2-11,16,23H,12-15,17H2,1H3,(H,25,27)/t23-/m1/s1. The minimum absolute atomic E-state index is 0.0314. The highest BCUT2D eigenvalue weighted by molar-refractivity contribution is 5.98. The number of hydrogen-bond acceptors (Lipinski definition) is 3. The molecule has 4 rings (SSSR count). The molecule has 1 fully saturated rings. The first-order valence-corrected chi connectivity index (χ1v) is 9.86. The summed E-state index contributed by atoms with van der Waals surface area (Å²) in [5.74, 6) is -0.0314. The molecule has 4 nitrogen and oxygen atoms in total. The molecule has 0 spiro atoms. The molecule has 28 heavy (non-hydrogen) atoms. The van der Waals surface area contributed by atoms with E-state index in [1.807, 2.05) is 36.4 Å². The van der Waals surface area contributed by atoms with Crippen LogP contribution in [-0.4, -0.2) is 43.7 Å². The molecule has 4 heteroatoms. The number of nitrogens with one attached hydrogen (secondary N) is 1. The highest BCUT2D eigenvalue weighted by Crippen LogP contribution is 2.22. The van der Waals surface area contributed by atoms with E-state index in [1.54, 1.807) is 0 Å². The van der Waals surface area contributed by atoms with Crippen LogP contribution < -0.4 is 5.32 Å². The van der Waals surface area contributed by atoms with E-state index in [0.29, 0.717) is 12.1 Å². The van der Waals surface area contributed by atoms with Gasteiger partial charge in [-0.1, -0.05) is 60.2 Å². The molecule has 144 valence electrons. The van der Waals surface area contributed by atoms with Gasteiger partial charge in [0, 0.05) is 25.2 Å². The van der Waals surface area contributed by atoms with Crippen molar-refractivity contribution in [2.75, 3.05) is 32.8 Å². The molecule has 3 aromatic carbocycles. The number of ether oxygens (including phenoxy) is 1. The van der Waals surface area contributed by atoms with Crippen molar-refractivity contribution in [2.24, 2.45) is 0 Å². The van der Waals surface area contributed by atoms with Gasteiger partial charge in [-0.05, 0) is 35.4 Å². The van der Waals surface area contributed by atoms with Crippen molar-refractivity contribution in [2.45, 2.75) is 13.0 Å². The first-order chi connectivity index (χ1) is 13.7. The van der Waals surface area contributed by atoms with Crippen molar-refractivity contribution < 1.29 is 9.53 Å². The molecule has 1 aliphatic heterocycles. The lowest BCUT2D eigenvalue weighted by molar-refractivity contribution is 0.0162. The molecule has 0 radical (unpaired) electrons. The summed E-state index contributed by atoms with van der Waals surface area (Å²) in [5, 5.41) is 5.38. The Labute approximate surface area is 166 Å². The Bertz CT molecular complexity index is 946. The van der Waals surface area contributed by atoms with E-state index in [4.69, 9.17) is 4.74 Å². The lowest BCUT2D eigenvalue weighted by Gasteiger charge is -2.35. The van der Waals surface area contributed by atoms with Gasteiger partial charge >= 0.3 is 0 Å². The van der Waals surface area contributed by atoms with E-state index < -0.39 is 0 Å². The number of benzene rings is 3. The third-order valence-electron chi connectivity index (χ3n) is 5.42. The van der Waals surface area contributed by atoms with Crippen LogP contribution in [0.1, 0.15) is 27.5 Å². The van der Waals surface area contributed by atoms with E-state index >= 15 is 0 Å². The number of nitrogens with zero attached hydrogens (tertiary/aromatic N) is 1. The number of rotatable bonds is 5. The monoisotopic (exact) mass is 374 g/mol. The van der Waals surface area contributed by atoms with Crippen LogP contribution in [0.2, 0.25) is 0 Å². The van der Waals surface area contributed by atoms with Gasteiger partial charge in [-0.25, -0.2) is 0 Å². The van der Waals surface area contributed by atoms with Gasteiger partial charge in [-0.2, -0.15) is 0 Å². The van der Waals surface area contributed by atoms with Crippen molar-refractivity contribution >= 4 is 16.7 Å². The molecular weight excluding hydrogens is 348 g/mol. The molecule has 1 heterocycles. The average molecular weight is 374 g/mol. The van der Waals surface area contributed by atoms with E-state index in [1.165, 1.54) is 11.1 Å². The van der Waals surface area contributed by atoms with Crippen LogP contribution in [0.15, 0.2) is 66.7 Å². The largest absolute Gasteiger partial charge is 0.379 e. The lowest BCUT2D eigenvalue weighted by Crippen LogP contribution is -2.43. The second-order valence-electron chi connectivity index (χ2n) is 7.35. The summed E-state index contributed by atoms with van der Waals surface area (Å²) in [4.78, 5) is 15.2. The summed E-state index contributed by atoms with van der Waals surface area (Å²) in [6.07, 6.45) is 0. The van der Waals surface area contributed by atoms with Crippen LogP contribution in [-0.2, 0) is 4.74 Å². The van der Waals surface area contributed by atoms with E-state index in [9.17, 15) is 4.79 Å². The van der Waals surface area contributed by atoms with Crippen molar-refractivity contribution in [1.29, 1.82) is 0 Å². The molecule has 1 amide bonds. The minimum Gasteiger partial charge on any atom is -0.379 e. The number of fused-ring (bicyclic) bond motifs is 1. The van der Waals surface area contributed by atoms with E-state index in [-0.39, 0.29) is 11.9 Å². The summed E-state index contributed by atoms with van der Waals surface area (Å²) >= 11 is 0. The van der Waals surface area contributed by atoms with Crippen LogP contribution in [0, 0.1) is 6.92 Å². The fourth-order valence-corrected chi connectivity index (χ4v) is 3.76. The zero-order valence-electron chi connectivity index (χ0n) is 16.2. The van der Waals surface area contributed by atoms with Gasteiger partial charge in [0.05, 0.1) is 19.3 Å². The molecule has 0 saturated carbocycles. The molecule has 0 unspecified atom stereocenters. The summed E-state index contributed by atoms with van der Waals surface area (Å²) in [5.41, 5.74) is 3.17. The zero-order chi connectivity index (χ0) is 19.3. The van der Waals surface area contributed by atoms with Gasteiger partial charge in [-0.15, -0.1) is 0 Å². The Balaban J connectivity index is 1.50. The average Bonchev–Trinajstić information content (AvgIpc) is 2.75. The molecule has 0 bridgehead atoms. The normalized spacial score (nSPS) is 16.0. The Hall–Kier alpha value is -2.69. The highest BCUT2D eigenvalue weighted by Gasteiger charge is 2.23. The topological polar surface area (TPSA) is 41.6 Å². The van der Waals surface area contributed by atoms with Gasteiger partial charge in [0.15, 0.2) is 0 Å². The number of hydrogen-bond donors (Lipinski definition) is 1. The van der Waals surface area contributed by atoms with Gasteiger partial charge in [0.2, 0.25) is 0 Å². The number of morpholine rings is 1. The summed E-state index contributed by atoms with van der Waals surface area (Å²) < 4.78 is 5.51. The smallest absolute Gasteiger partial charge is 0.251 e. The molecular formula is C24H26N2O2. The van der Waals surface area contributed by atoms with Crippen molar-refractivity contribution in [3.8, 4) is 0 Å². The van der Waals surface area contributed by atoms with Crippen molar-refractivity contribution in [3.63, 3.8) is 0 Å². The van der Waals surface area contributed by atoms with Gasteiger partial charge < -0.3 is 10.1 Å². The molecule has 0 aromatic heterocycles. The number of carbonyl (C=O) groups excluding carboxylic acids is 1. The second-order valence-corrected chi connectivity index (χ2v) is 7.35. The van der Waals surface area contributed by atoms with E-state index in [0.717, 1.165) is 37.1 Å². The lowest BCUT2D eigenvalue weighted by atomic mass is 10.0. The maximum absolute atomic E-state index is 12.8. The van der Waals surface area contributed by atoms with Gasteiger partial charge in [0.1, 0.15) is 0 Å². The Morgan fingerprint density at radius 3 is 2.46 bits per heavy atom. The van der Waals surface area contributed by atoms with Gasteiger partial charge in [-0.3, -0.25) is 9.69 Å². The second kappa shape index (κ2) is 8.55. The predicted octanol–water partition coefficient (Wildman–Crippen LogP) is 3.95. The Morgan fingerprint density at radius 1 is 1.00 bits per heavy atom. The third-order valence-corrected chi connectivity index (χ3v) is 5.42. The molecule has 1 N–H and O–H groups in total. The van der Waals surface area contributed by atoms with Crippen molar-refractivity contribution in [1.82, 2.24) is 10.2 Å². The van der Waals surface area contributed by atoms with Crippen LogP contribution in [0.3, 0.4) is 0 Å². The first kappa shape index (κ1) is 18.7. The summed E-state index contributed by atoms with van der Waals surface area (Å²) in [6.45, 7) is 5.90. The highest BCUT2D eigenvalue weighted by atomic mass is 16.5. The third kappa shape index (κ3) is 4.24. The summed E-state index contributed by atoms with van der Waals surface area (Å²) in [7, 11) is 0. The summed E-state index contributed by atoms with van der Waals surface area (Å²) in [6, 6.07) is 22.7. The zero-order valence-corrected chi connectivity index (χ0v) is 16.2. The molecule has 0 aliphatic carbocycles. The number of carbonyl (C=O) groups is 1. The molecule has 1 atom stereocenters. The minimum atomic E-state index is -0.0314. The van der Waals surface area contributed by atoms with E-state index in [2.05, 4.69) is 47.5 Å². The maximum Gasteiger partial charge on any atom is 0.251 e. The predicted molar refractivity (Wildman–Crippen MR) is 113 cm³/mol. The molecule has 3 aromatic rings.